The van der Waals surface area contributed by atoms with Crippen molar-refractivity contribution in [2.24, 2.45) is 0 Å². The molecule has 1 amide bonds. The highest BCUT2D eigenvalue weighted by Gasteiger charge is 2.41. The van der Waals surface area contributed by atoms with Gasteiger partial charge in [-0.05, 0) is 36.5 Å². The molecule has 1 aromatic heterocycles. The molecule has 2 aliphatic rings. The van der Waals surface area contributed by atoms with Crippen LogP contribution in [0, 0.1) is 0 Å². The van der Waals surface area contributed by atoms with Crippen LogP contribution in [0.4, 0.5) is 0 Å². The maximum absolute atomic E-state index is 13.3. The van der Waals surface area contributed by atoms with Gasteiger partial charge < -0.3 is 9.80 Å². The molecule has 1 aromatic carbocycles. The van der Waals surface area contributed by atoms with E-state index in [1.807, 2.05) is 47.5 Å². The van der Waals surface area contributed by atoms with Gasteiger partial charge in [-0.15, -0.1) is 0 Å². The summed E-state index contributed by atoms with van der Waals surface area (Å²) in [5.74, 6) is 0.0916. The van der Waals surface area contributed by atoms with Crippen molar-refractivity contribution < 1.29 is 4.79 Å². The maximum Gasteiger partial charge on any atom is 0.258 e. The van der Waals surface area contributed by atoms with Crippen LogP contribution in [0.3, 0.4) is 0 Å². The molecular formula is C20H20ClN3O. The van der Waals surface area contributed by atoms with Crippen molar-refractivity contribution in [1.29, 1.82) is 0 Å². The fraction of sp³-hybridized carbons (Fsp3) is 0.300. The molecule has 128 valence electrons. The predicted octanol–water partition coefficient (Wildman–Crippen LogP) is 4.10. The van der Waals surface area contributed by atoms with Crippen LogP contribution in [0.1, 0.15) is 36.4 Å². The van der Waals surface area contributed by atoms with E-state index in [4.69, 9.17) is 11.6 Å². The van der Waals surface area contributed by atoms with E-state index >= 15 is 0 Å². The second-order valence-corrected chi connectivity index (χ2v) is 7.02. The summed E-state index contributed by atoms with van der Waals surface area (Å²) in [6.45, 7) is 0. The van der Waals surface area contributed by atoms with Gasteiger partial charge in [-0.2, -0.15) is 0 Å². The number of halogens is 1. The van der Waals surface area contributed by atoms with Gasteiger partial charge in [0.15, 0.2) is 0 Å². The molecular weight excluding hydrogens is 334 g/mol. The molecule has 0 radical (unpaired) electrons. The van der Waals surface area contributed by atoms with Gasteiger partial charge in [0.05, 0.1) is 11.6 Å². The molecule has 3 heterocycles. The molecule has 2 atom stereocenters. The smallest absolute Gasteiger partial charge is 0.258 e. The first kappa shape index (κ1) is 16.2. The number of carbonyl (C=O) groups excluding carboxylic acids is 1. The molecule has 2 aromatic rings. The van der Waals surface area contributed by atoms with Crippen LogP contribution in [0.2, 0.25) is 5.15 Å². The number of hydrogen-bond acceptors (Lipinski definition) is 3. The lowest BCUT2D eigenvalue weighted by Crippen LogP contribution is -2.54. The number of nitrogens with zero attached hydrogens (tertiary/aromatic N) is 3. The van der Waals surface area contributed by atoms with Gasteiger partial charge in [0, 0.05) is 19.4 Å². The number of benzene rings is 1. The molecule has 0 saturated carbocycles. The number of amides is 1. The predicted molar refractivity (Wildman–Crippen MR) is 98.7 cm³/mol. The van der Waals surface area contributed by atoms with Gasteiger partial charge in [0.1, 0.15) is 11.3 Å². The molecule has 2 unspecified atom stereocenters. The van der Waals surface area contributed by atoms with Crippen LogP contribution in [0.25, 0.3) is 5.57 Å². The molecule has 25 heavy (non-hydrogen) atoms. The van der Waals surface area contributed by atoms with Crippen molar-refractivity contribution in [2.45, 2.75) is 31.5 Å². The SMILES string of the molecule is CN1C=C(c2ccccc2)C(=O)N2C(c3ccc(Cl)nc3)CCCC12. The Labute approximate surface area is 152 Å². The average molecular weight is 354 g/mol. The first-order chi connectivity index (χ1) is 12.1. The second kappa shape index (κ2) is 6.52. The molecule has 0 aliphatic carbocycles. The third kappa shape index (κ3) is 2.91. The highest BCUT2D eigenvalue weighted by atomic mass is 35.5. The van der Waals surface area contributed by atoms with Gasteiger partial charge in [-0.3, -0.25) is 4.79 Å². The lowest BCUT2D eigenvalue weighted by atomic mass is 9.90. The number of fused-ring (bicyclic) bond motifs is 1. The van der Waals surface area contributed by atoms with Crippen molar-refractivity contribution in [2.75, 3.05) is 7.05 Å². The summed E-state index contributed by atoms with van der Waals surface area (Å²) in [7, 11) is 2.05. The van der Waals surface area contributed by atoms with Crippen LogP contribution in [-0.4, -0.2) is 33.9 Å². The lowest BCUT2D eigenvalue weighted by molar-refractivity contribution is -0.138. The van der Waals surface area contributed by atoms with Crippen molar-refractivity contribution >= 4 is 23.1 Å². The Balaban J connectivity index is 1.74. The minimum atomic E-state index is 0.0332. The van der Waals surface area contributed by atoms with Crippen LogP contribution in [-0.2, 0) is 4.79 Å². The Hall–Kier alpha value is -2.33. The van der Waals surface area contributed by atoms with Gasteiger partial charge >= 0.3 is 0 Å². The summed E-state index contributed by atoms with van der Waals surface area (Å²) in [4.78, 5) is 21.7. The topological polar surface area (TPSA) is 36.4 Å². The van der Waals surface area contributed by atoms with Crippen LogP contribution in [0.15, 0.2) is 54.9 Å². The number of piperidine rings is 1. The molecule has 4 rings (SSSR count). The monoisotopic (exact) mass is 353 g/mol. The third-order valence-electron chi connectivity index (χ3n) is 5.08. The number of rotatable bonds is 2. The fourth-order valence-electron chi connectivity index (χ4n) is 3.87. The lowest BCUT2D eigenvalue weighted by Gasteiger charge is -2.48. The summed E-state index contributed by atoms with van der Waals surface area (Å²) >= 11 is 5.93. The second-order valence-electron chi connectivity index (χ2n) is 6.63. The first-order valence-corrected chi connectivity index (χ1v) is 8.96. The van der Waals surface area contributed by atoms with E-state index < -0.39 is 0 Å². The number of hydrogen-bond donors (Lipinski definition) is 0. The normalized spacial score (nSPS) is 23.3. The fourth-order valence-corrected chi connectivity index (χ4v) is 3.98. The molecule has 1 saturated heterocycles. The maximum atomic E-state index is 13.3. The van der Waals surface area contributed by atoms with Crippen molar-refractivity contribution in [3.63, 3.8) is 0 Å². The Morgan fingerprint density at radius 1 is 1.12 bits per heavy atom. The Kier molecular flexibility index (Phi) is 4.22. The standard InChI is InChI=1S/C20H20ClN3O/c1-23-13-16(14-6-3-2-4-7-14)20(25)24-17(8-5-9-19(23)24)15-10-11-18(21)22-12-15/h2-4,6-7,10-13,17,19H,5,8-9H2,1H3. The summed E-state index contributed by atoms with van der Waals surface area (Å²) in [5.41, 5.74) is 2.75. The number of carbonyl (C=O) groups is 1. The Morgan fingerprint density at radius 3 is 2.64 bits per heavy atom. The Morgan fingerprint density at radius 2 is 1.92 bits per heavy atom. The minimum absolute atomic E-state index is 0.0332. The molecule has 0 bridgehead atoms. The van der Waals surface area contributed by atoms with Crippen LogP contribution >= 0.6 is 11.6 Å². The molecule has 0 N–H and O–H groups in total. The van der Waals surface area contributed by atoms with Crippen molar-refractivity contribution in [3.05, 3.63) is 71.1 Å². The van der Waals surface area contributed by atoms with Gasteiger partial charge in [-0.25, -0.2) is 4.98 Å². The summed E-state index contributed by atoms with van der Waals surface area (Å²) < 4.78 is 0. The van der Waals surface area contributed by atoms with E-state index in [0.717, 1.165) is 36.0 Å². The van der Waals surface area contributed by atoms with E-state index in [0.29, 0.717) is 5.15 Å². The highest BCUT2D eigenvalue weighted by molar-refractivity contribution is 6.29. The summed E-state index contributed by atoms with van der Waals surface area (Å²) in [5, 5.41) is 0.475. The molecule has 5 heteroatoms. The third-order valence-corrected chi connectivity index (χ3v) is 5.31. The number of aromatic nitrogens is 1. The molecule has 2 aliphatic heterocycles. The zero-order valence-corrected chi connectivity index (χ0v) is 14.9. The van der Waals surface area contributed by atoms with E-state index in [1.54, 1.807) is 12.3 Å². The van der Waals surface area contributed by atoms with Crippen molar-refractivity contribution in [3.8, 4) is 0 Å². The molecule has 0 spiro atoms. The van der Waals surface area contributed by atoms with E-state index in [1.165, 1.54) is 0 Å². The van der Waals surface area contributed by atoms with E-state index in [9.17, 15) is 4.79 Å². The first-order valence-electron chi connectivity index (χ1n) is 8.58. The Bertz CT molecular complexity index is 803. The highest BCUT2D eigenvalue weighted by Crippen LogP contribution is 2.40. The van der Waals surface area contributed by atoms with Gasteiger partial charge in [0.25, 0.3) is 5.91 Å². The molecule has 4 nitrogen and oxygen atoms in total. The zero-order chi connectivity index (χ0) is 17.4. The van der Waals surface area contributed by atoms with Crippen LogP contribution < -0.4 is 0 Å². The molecule has 1 fully saturated rings. The quantitative estimate of drug-likeness (QED) is 0.762. The number of pyridine rings is 1. The zero-order valence-electron chi connectivity index (χ0n) is 14.1. The van der Waals surface area contributed by atoms with E-state index in [2.05, 4.69) is 16.9 Å². The summed E-state index contributed by atoms with van der Waals surface area (Å²) in [6.07, 6.45) is 6.89. The average Bonchev–Trinajstić information content (AvgIpc) is 2.65. The minimum Gasteiger partial charge on any atom is -0.360 e. The van der Waals surface area contributed by atoms with Gasteiger partial charge in [-0.1, -0.05) is 48.0 Å². The summed E-state index contributed by atoms with van der Waals surface area (Å²) in [6, 6.07) is 13.7. The van der Waals surface area contributed by atoms with Crippen LogP contribution in [0.5, 0.6) is 0 Å². The van der Waals surface area contributed by atoms with Gasteiger partial charge in [0.2, 0.25) is 0 Å². The largest absolute Gasteiger partial charge is 0.360 e. The van der Waals surface area contributed by atoms with E-state index in [-0.39, 0.29) is 18.1 Å². The van der Waals surface area contributed by atoms with Crippen molar-refractivity contribution in [1.82, 2.24) is 14.8 Å².